The van der Waals surface area contributed by atoms with Crippen molar-refractivity contribution in [1.82, 2.24) is 0 Å². The quantitative estimate of drug-likeness (QED) is 0.755. The molecule has 0 aliphatic heterocycles. The van der Waals surface area contributed by atoms with Crippen LogP contribution in [0.3, 0.4) is 0 Å². The molecule has 1 heteroatoms. The van der Waals surface area contributed by atoms with Crippen molar-refractivity contribution >= 4 is 0 Å². The van der Waals surface area contributed by atoms with Crippen molar-refractivity contribution in [2.45, 2.75) is 39.7 Å². The summed E-state index contributed by atoms with van der Waals surface area (Å²) in [5.41, 5.74) is 1.22. The molecular formula is C12H20O. The van der Waals surface area contributed by atoms with Gasteiger partial charge in [-0.3, -0.25) is 0 Å². The first-order valence-electron chi connectivity index (χ1n) is 4.55. The van der Waals surface area contributed by atoms with Crippen LogP contribution >= 0.6 is 0 Å². The lowest BCUT2D eigenvalue weighted by atomic mass is 10.1. The van der Waals surface area contributed by atoms with Gasteiger partial charge >= 0.3 is 0 Å². The SMILES string of the molecule is C.CCCC(O)Cc1ccccc1. The molecule has 0 aliphatic carbocycles. The first kappa shape index (κ1) is 12.2. The summed E-state index contributed by atoms with van der Waals surface area (Å²) < 4.78 is 0. The normalized spacial score (nSPS) is 11.8. The standard InChI is InChI=1S/C11H16O.CH4/c1-2-6-11(12)9-10-7-4-3-5-8-10;/h3-5,7-8,11-12H,2,6,9H2,1H3;1H4. The molecule has 1 atom stereocenters. The van der Waals surface area contributed by atoms with Crippen LogP contribution in [0.1, 0.15) is 32.8 Å². The van der Waals surface area contributed by atoms with Crippen LogP contribution in [0.4, 0.5) is 0 Å². The molecular weight excluding hydrogens is 160 g/mol. The van der Waals surface area contributed by atoms with Crippen molar-refractivity contribution in [3.8, 4) is 0 Å². The van der Waals surface area contributed by atoms with Gasteiger partial charge in [-0.2, -0.15) is 0 Å². The van der Waals surface area contributed by atoms with Crippen LogP contribution in [0.2, 0.25) is 0 Å². The van der Waals surface area contributed by atoms with Gasteiger partial charge in [-0.1, -0.05) is 51.1 Å². The summed E-state index contributed by atoms with van der Waals surface area (Å²) in [5.74, 6) is 0. The van der Waals surface area contributed by atoms with Crippen molar-refractivity contribution < 1.29 is 5.11 Å². The van der Waals surface area contributed by atoms with E-state index in [1.165, 1.54) is 5.56 Å². The van der Waals surface area contributed by atoms with Crippen molar-refractivity contribution in [3.63, 3.8) is 0 Å². The van der Waals surface area contributed by atoms with Crippen molar-refractivity contribution in [1.29, 1.82) is 0 Å². The van der Waals surface area contributed by atoms with E-state index in [4.69, 9.17) is 0 Å². The Morgan fingerprint density at radius 3 is 2.38 bits per heavy atom. The molecule has 0 fully saturated rings. The van der Waals surface area contributed by atoms with Crippen LogP contribution in [0.15, 0.2) is 30.3 Å². The summed E-state index contributed by atoms with van der Waals surface area (Å²) in [5, 5.41) is 9.50. The second kappa shape index (κ2) is 6.67. The topological polar surface area (TPSA) is 20.2 Å². The lowest BCUT2D eigenvalue weighted by Crippen LogP contribution is -2.09. The Morgan fingerprint density at radius 2 is 1.85 bits per heavy atom. The third-order valence-electron chi connectivity index (χ3n) is 1.94. The Morgan fingerprint density at radius 1 is 1.23 bits per heavy atom. The predicted octanol–water partition coefficient (Wildman–Crippen LogP) is 3.03. The van der Waals surface area contributed by atoms with E-state index in [0.29, 0.717) is 0 Å². The van der Waals surface area contributed by atoms with Crippen LogP contribution in [0.5, 0.6) is 0 Å². The molecule has 0 radical (unpaired) electrons. The fourth-order valence-electron chi connectivity index (χ4n) is 1.32. The van der Waals surface area contributed by atoms with E-state index >= 15 is 0 Å². The van der Waals surface area contributed by atoms with E-state index in [-0.39, 0.29) is 13.5 Å². The fourth-order valence-corrected chi connectivity index (χ4v) is 1.32. The van der Waals surface area contributed by atoms with Gasteiger partial charge < -0.3 is 5.11 Å². The number of aliphatic hydroxyl groups is 1. The van der Waals surface area contributed by atoms with Crippen LogP contribution in [0.25, 0.3) is 0 Å². The summed E-state index contributed by atoms with van der Waals surface area (Å²) in [4.78, 5) is 0. The van der Waals surface area contributed by atoms with Gasteiger partial charge in [0.25, 0.3) is 0 Å². The predicted molar refractivity (Wildman–Crippen MR) is 57.8 cm³/mol. The van der Waals surface area contributed by atoms with Crippen LogP contribution in [-0.2, 0) is 6.42 Å². The lowest BCUT2D eigenvalue weighted by Gasteiger charge is -2.08. The molecule has 74 valence electrons. The fraction of sp³-hybridized carbons (Fsp3) is 0.500. The molecule has 0 saturated heterocycles. The van der Waals surface area contributed by atoms with Gasteiger partial charge in [0.1, 0.15) is 0 Å². The summed E-state index contributed by atoms with van der Waals surface area (Å²) in [6.07, 6.45) is 2.56. The maximum Gasteiger partial charge on any atom is 0.0580 e. The largest absolute Gasteiger partial charge is 0.393 e. The van der Waals surface area contributed by atoms with E-state index in [1.807, 2.05) is 18.2 Å². The lowest BCUT2D eigenvalue weighted by molar-refractivity contribution is 0.164. The minimum Gasteiger partial charge on any atom is -0.393 e. The van der Waals surface area contributed by atoms with Crippen molar-refractivity contribution in [2.24, 2.45) is 0 Å². The highest BCUT2D eigenvalue weighted by Crippen LogP contribution is 2.06. The Bertz CT molecular complexity index is 206. The molecule has 0 aromatic heterocycles. The highest BCUT2D eigenvalue weighted by molar-refractivity contribution is 5.15. The number of aliphatic hydroxyl groups excluding tert-OH is 1. The minimum absolute atomic E-state index is 0. The van der Waals surface area contributed by atoms with E-state index in [0.717, 1.165) is 19.3 Å². The van der Waals surface area contributed by atoms with Gasteiger partial charge in [0.15, 0.2) is 0 Å². The van der Waals surface area contributed by atoms with E-state index in [2.05, 4.69) is 19.1 Å². The van der Waals surface area contributed by atoms with Crippen LogP contribution in [0, 0.1) is 0 Å². The maximum atomic E-state index is 9.50. The number of hydrogen-bond acceptors (Lipinski definition) is 1. The smallest absolute Gasteiger partial charge is 0.0580 e. The molecule has 1 aromatic carbocycles. The van der Waals surface area contributed by atoms with Gasteiger partial charge in [-0.25, -0.2) is 0 Å². The Kier molecular flexibility index (Phi) is 6.25. The number of rotatable bonds is 4. The average Bonchev–Trinajstić information content (AvgIpc) is 2.06. The second-order valence-corrected chi connectivity index (χ2v) is 3.13. The summed E-state index contributed by atoms with van der Waals surface area (Å²) in [7, 11) is 0. The molecule has 1 unspecified atom stereocenters. The first-order valence-corrected chi connectivity index (χ1v) is 4.55. The molecule has 0 bridgehead atoms. The zero-order valence-corrected chi connectivity index (χ0v) is 7.53. The molecule has 0 aliphatic rings. The Hall–Kier alpha value is -0.820. The number of benzene rings is 1. The van der Waals surface area contributed by atoms with Gasteiger partial charge in [0.05, 0.1) is 6.10 Å². The molecule has 0 spiro atoms. The average molecular weight is 180 g/mol. The summed E-state index contributed by atoms with van der Waals surface area (Å²) in [6.45, 7) is 2.09. The zero-order valence-electron chi connectivity index (χ0n) is 7.53. The van der Waals surface area contributed by atoms with Gasteiger partial charge in [0.2, 0.25) is 0 Å². The first-order chi connectivity index (χ1) is 5.83. The highest BCUT2D eigenvalue weighted by atomic mass is 16.3. The van der Waals surface area contributed by atoms with Crippen molar-refractivity contribution in [2.75, 3.05) is 0 Å². The van der Waals surface area contributed by atoms with Gasteiger partial charge in [-0.05, 0) is 18.4 Å². The molecule has 13 heavy (non-hydrogen) atoms. The third kappa shape index (κ3) is 4.69. The monoisotopic (exact) mass is 180 g/mol. The molecule has 1 rings (SSSR count). The molecule has 0 heterocycles. The molecule has 1 aromatic rings. The summed E-state index contributed by atoms with van der Waals surface area (Å²) in [6, 6.07) is 10.1. The highest BCUT2D eigenvalue weighted by Gasteiger charge is 2.02. The molecule has 1 N–H and O–H groups in total. The molecule has 0 amide bonds. The molecule has 1 nitrogen and oxygen atoms in total. The second-order valence-electron chi connectivity index (χ2n) is 3.13. The van der Waals surface area contributed by atoms with Crippen LogP contribution < -0.4 is 0 Å². The van der Waals surface area contributed by atoms with Gasteiger partial charge in [-0.15, -0.1) is 0 Å². The van der Waals surface area contributed by atoms with Crippen LogP contribution in [-0.4, -0.2) is 11.2 Å². The van der Waals surface area contributed by atoms with E-state index < -0.39 is 0 Å². The Labute approximate surface area is 81.4 Å². The number of hydrogen-bond donors (Lipinski definition) is 1. The Balaban J connectivity index is 0.00000144. The third-order valence-corrected chi connectivity index (χ3v) is 1.94. The van der Waals surface area contributed by atoms with Gasteiger partial charge in [0, 0.05) is 0 Å². The van der Waals surface area contributed by atoms with Crippen molar-refractivity contribution in [3.05, 3.63) is 35.9 Å². The minimum atomic E-state index is -0.169. The van der Waals surface area contributed by atoms with E-state index in [9.17, 15) is 5.11 Å². The maximum absolute atomic E-state index is 9.50. The summed E-state index contributed by atoms with van der Waals surface area (Å²) >= 11 is 0. The molecule has 0 saturated carbocycles. The zero-order chi connectivity index (χ0) is 8.81. The van der Waals surface area contributed by atoms with E-state index in [1.54, 1.807) is 0 Å².